The Morgan fingerprint density at radius 3 is 2.45 bits per heavy atom. The first-order valence-corrected chi connectivity index (χ1v) is 11.4. The maximum Gasteiger partial charge on any atom is 0.146 e. The number of hydrogen-bond donors (Lipinski definition) is 1. The van der Waals surface area contributed by atoms with Crippen LogP contribution in [0.15, 0.2) is 85.5 Å². The molecule has 3 rings (SSSR count). The van der Waals surface area contributed by atoms with Crippen LogP contribution in [0.25, 0.3) is 0 Å². The van der Waals surface area contributed by atoms with Crippen LogP contribution in [0.4, 0.5) is 15.8 Å². The van der Waals surface area contributed by atoms with Crippen molar-refractivity contribution >= 4 is 11.4 Å². The van der Waals surface area contributed by atoms with Crippen molar-refractivity contribution in [1.29, 1.82) is 0 Å². The van der Waals surface area contributed by atoms with E-state index in [2.05, 4.69) is 43.8 Å². The highest BCUT2D eigenvalue weighted by Crippen LogP contribution is 2.38. The molecule has 1 N–H and O–H groups in total. The largest absolute Gasteiger partial charge is 0.490 e. The Morgan fingerprint density at radius 1 is 1.09 bits per heavy atom. The van der Waals surface area contributed by atoms with Gasteiger partial charge in [-0.25, -0.2) is 4.39 Å². The molecule has 1 atom stereocenters. The number of ether oxygens (including phenoxy) is 1. The first-order valence-electron chi connectivity index (χ1n) is 11.4. The highest BCUT2D eigenvalue weighted by molar-refractivity contribution is 5.60. The smallest absolute Gasteiger partial charge is 0.146 e. The average Bonchev–Trinajstić information content (AvgIpc) is 2.83. The van der Waals surface area contributed by atoms with Crippen LogP contribution in [0.1, 0.15) is 37.8 Å². The first-order chi connectivity index (χ1) is 16.0. The van der Waals surface area contributed by atoms with Gasteiger partial charge in [0.25, 0.3) is 0 Å². The van der Waals surface area contributed by atoms with E-state index in [1.165, 1.54) is 6.07 Å². The van der Waals surface area contributed by atoms with E-state index in [0.29, 0.717) is 12.3 Å². The highest BCUT2D eigenvalue weighted by Gasteiger charge is 2.33. The fourth-order valence-electron chi connectivity index (χ4n) is 4.16. The molecule has 33 heavy (non-hydrogen) atoms. The quantitative estimate of drug-likeness (QED) is 0.243. The molecule has 2 nitrogen and oxygen atoms in total. The topological polar surface area (TPSA) is 21.3 Å². The van der Waals surface area contributed by atoms with Crippen LogP contribution in [0.2, 0.25) is 0 Å². The summed E-state index contributed by atoms with van der Waals surface area (Å²) in [5, 5.41) is 3.17. The van der Waals surface area contributed by atoms with Crippen LogP contribution in [-0.4, -0.2) is 6.61 Å². The van der Waals surface area contributed by atoms with Crippen molar-refractivity contribution in [1.82, 2.24) is 0 Å². The molecule has 0 saturated heterocycles. The van der Waals surface area contributed by atoms with Crippen LogP contribution in [0.5, 0.6) is 5.75 Å². The van der Waals surface area contributed by atoms with Gasteiger partial charge in [-0.2, -0.15) is 0 Å². The Kier molecular flexibility index (Phi) is 8.33. The molecule has 0 aromatic heterocycles. The molecule has 170 valence electrons. The summed E-state index contributed by atoms with van der Waals surface area (Å²) in [6.45, 7) is 8.49. The summed E-state index contributed by atoms with van der Waals surface area (Å²) in [5.41, 5.74) is 3.18. The number of rotatable bonds is 11. The van der Waals surface area contributed by atoms with Crippen LogP contribution in [-0.2, 0) is 11.8 Å². The second-order valence-electron chi connectivity index (χ2n) is 8.55. The molecule has 0 saturated carbocycles. The van der Waals surface area contributed by atoms with Crippen molar-refractivity contribution in [2.75, 3.05) is 11.9 Å². The van der Waals surface area contributed by atoms with E-state index in [1.54, 1.807) is 6.08 Å². The average molecular weight is 442 g/mol. The number of halogens is 1. The summed E-state index contributed by atoms with van der Waals surface area (Å²) in [6.07, 6.45) is 10.4. The Morgan fingerprint density at radius 2 is 1.82 bits per heavy atom. The van der Waals surface area contributed by atoms with Gasteiger partial charge in [-0.05, 0) is 72.7 Å². The second kappa shape index (κ2) is 11.4. The van der Waals surface area contributed by atoms with Crippen LogP contribution < -0.4 is 10.1 Å². The van der Waals surface area contributed by atoms with Gasteiger partial charge in [-0.15, -0.1) is 6.42 Å². The van der Waals surface area contributed by atoms with Crippen molar-refractivity contribution in [3.63, 3.8) is 0 Å². The minimum Gasteiger partial charge on any atom is -0.490 e. The molecular weight excluding hydrogens is 409 g/mol. The Balaban J connectivity index is 1.71. The van der Waals surface area contributed by atoms with Crippen molar-refractivity contribution in [3.05, 3.63) is 102 Å². The Hall–Kier alpha value is -3.51. The van der Waals surface area contributed by atoms with Gasteiger partial charge < -0.3 is 10.1 Å². The summed E-state index contributed by atoms with van der Waals surface area (Å²) in [5.74, 6) is 3.91. The van der Waals surface area contributed by atoms with Gasteiger partial charge in [-0.1, -0.05) is 68.8 Å². The minimum absolute atomic E-state index is 0.262. The lowest BCUT2D eigenvalue weighted by molar-refractivity contribution is 0.356. The molecule has 0 radical (unpaired) electrons. The molecule has 0 amide bonds. The number of terminal acetylenes is 1. The van der Waals surface area contributed by atoms with Crippen LogP contribution in [0, 0.1) is 24.1 Å². The number of para-hydroxylation sites is 1. The van der Waals surface area contributed by atoms with Crippen molar-refractivity contribution < 1.29 is 9.13 Å². The minimum atomic E-state index is -0.373. The SMILES string of the molecule is C#CC(CCCc1ccc(F)c(Nc2ccccc2)c1)(c1ccc(OCC=C)cc1)C(C)C. The van der Waals surface area contributed by atoms with Gasteiger partial charge in [-0.3, -0.25) is 0 Å². The normalized spacial score (nSPS) is 12.6. The zero-order chi connectivity index (χ0) is 23.7. The van der Waals surface area contributed by atoms with Crippen LogP contribution in [0.3, 0.4) is 0 Å². The van der Waals surface area contributed by atoms with Crippen molar-refractivity contribution in [2.45, 2.75) is 38.5 Å². The third kappa shape index (κ3) is 6.05. The Labute approximate surface area is 197 Å². The predicted molar refractivity (Wildman–Crippen MR) is 137 cm³/mol. The standard InChI is InChI=1S/C30H32FNO/c1-5-21-33-27-17-15-25(16-18-27)30(6-2,23(3)4)20-10-11-24-14-19-28(31)29(22-24)32-26-12-8-7-9-13-26/h2,5,7-9,12-19,22-23,32H,1,10-11,20-21H2,3-4H3. The number of aryl methyl sites for hydroxylation is 1. The van der Waals surface area contributed by atoms with E-state index < -0.39 is 0 Å². The van der Waals surface area contributed by atoms with E-state index in [4.69, 9.17) is 11.2 Å². The lowest BCUT2D eigenvalue weighted by atomic mass is 9.69. The van der Waals surface area contributed by atoms with E-state index in [9.17, 15) is 4.39 Å². The maximum atomic E-state index is 14.4. The lowest BCUT2D eigenvalue weighted by Gasteiger charge is -2.33. The summed E-state index contributed by atoms with van der Waals surface area (Å²) in [4.78, 5) is 0. The molecule has 0 fully saturated rings. The third-order valence-electron chi connectivity index (χ3n) is 6.10. The van der Waals surface area contributed by atoms with Gasteiger partial charge in [0.2, 0.25) is 0 Å². The molecular formula is C30H32FNO. The van der Waals surface area contributed by atoms with Gasteiger partial charge in [0.1, 0.15) is 18.2 Å². The summed E-state index contributed by atoms with van der Waals surface area (Å²) in [6, 6.07) is 23.0. The fraction of sp³-hybridized carbons (Fsp3) is 0.267. The molecule has 0 aliphatic heterocycles. The monoisotopic (exact) mass is 441 g/mol. The molecule has 0 aliphatic carbocycles. The molecule has 3 aromatic rings. The Bertz CT molecular complexity index is 1080. The number of benzene rings is 3. The van der Waals surface area contributed by atoms with Gasteiger partial charge in [0, 0.05) is 5.69 Å². The molecule has 0 heterocycles. The van der Waals surface area contributed by atoms with E-state index in [-0.39, 0.29) is 17.2 Å². The predicted octanol–water partition coefficient (Wildman–Crippen LogP) is 7.68. The molecule has 3 aromatic carbocycles. The van der Waals surface area contributed by atoms with E-state index >= 15 is 0 Å². The first kappa shape index (κ1) is 24.1. The molecule has 1 unspecified atom stereocenters. The van der Waals surface area contributed by atoms with Gasteiger partial charge in [0.15, 0.2) is 0 Å². The van der Waals surface area contributed by atoms with E-state index in [0.717, 1.165) is 41.8 Å². The van der Waals surface area contributed by atoms with E-state index in [1.807, 2.05) is 54.6 Å². The highest BCUT2D eigenvalue weighted by atomic mass is 19.1. The van der Waals surface area contributed by atoms with Crippen molar-refractivity contribution in [2.24, 2.45) is 5.92 Å². The number of hydrogen-bond acceptors (Lipinski definition) is 2. The summed E-state index contributed by atoms with van der Waals surface area (Å²) in [7, 11) is 0. The molecule has 0 spiro atoms. The molecule has 0 aliphatic rings. The fourth-order valence-corrected chi connectivity index (χ4v) is 4.16. The zero-order valence-corrected chi connectivity index (χ0v) is 19.5. The zero-order valence-electron chi connectivity index (χ0n) is 19.5. The molecule has 0 bridgehead atoms. The third-order valence-corrected chi connectivity index (χ3v) is 6.10. The molecule has 3 heteroatoms. The number of nitrogens with one attached hydrogen (secondary N) is 1. The van der Waals surface area contributed by atoms with Crippen molar-refractivity contribution in [3.8, 4) is 18.1 Å². The maximum absolute atomic E-state index is 14.4. The lowest BCUT2D eigenvalue weighted by Crippen LogP contribution is -2.30. The van der Waals surface area contributed by atoms with Gasteiger partial charge >= 0.3 is 0 Å². The summed E-state index contributed by atoms with van der Waals surface area (Å²) < 4.78 is 20.0. The van der Waals surface area contributed by atoms with Crippen LogP contribution >= 0.6 is 0 Å². The number of anilines is 2. The second-order valence-corrected chi connectivity index (χ2v) is 8.55. The summed E-state index contributed by atoms with van der Waals surface area (Å²) >= 11 is 0. The van der Waals surface area contributed by atoms with Gasteiger partial charge in [0.05, 0.1) is 11.1 Å².